The molecule has 0 atom stereocenters. The van der Waals surface area contributed by atoms with Gasteiger partial charge in [0.15, 0.2) is 0 Å². The number of nitrogens with zero attached hydrogens (tertiary/aromatic N) is 2. The predicted molar refractivity (Wildman–Crippen MR) is 123 cm³/mol. The Morgan fingerprint density at radius 3 is 2.35 bits per heavy atom. The minimum Gasteiger partial charge on any atom is -0.349 e. The lowest BCUT2D eigenvalue weighted by atomic mass is 10.1. The molecule has 2 amide bonds. The maximum absolute atomic E-state index is 12.8. The molecule has 1 saturated carbocycles. The Kier molecular flexibility index (Phi) is 7.53. The molecule has 1 aliphatic carbocycles. The summed E-state index contributed by atoms with van der Waals surface area (Å²) < 4.78 is 38.3. The van der Waals surface area contributed by atoms with Crippen molar-refractivity contribution in [3.63, 3.8) is 0 Å². The van der Waals surface area contributed by atoms with E-state index < -0.39 is 11.7 Å². The molecular weight excluding hydrogens is 445 g/mol. The Hall–Kier alpha value is -2.91. The molecule has 0 spiro atoms. The van der Waals surface area contributed by atoms with Crippen molar-refractivity contribution in [2.45, 2.75) is 38.0 Å². The van der Waals surface area contributed by atoms with Gasteiger partial charge < -0.3 is 10.6 Å². The van der Waals surface area contributed by atoms with Crippen molar-refractivity contribution in [3.05, 3.63) is 65.2 Å². The molecule has 0 bridgehead atoms. The Balaban J connectivity index is 1.24. The number of carbonyl (C=O) groups excluding carboxylic acids is 2. The van der Waals surface area contributed by atoms with Crippen molar-refractivity contribution in [1.82, 2.24) is 15.1 Å². The number of benzene rings is 2. The smallest absolute Gasteiger partial charge is 0.349 e. The van der Waals surface area contributed by atoms with Crippen LogP contribution in [0.3, 0.4) is 0 Å². The molecule has 2 aromatic rings. The zero-order valence-electron chi connectivity index (χ0n) is 18.9. The summed E-state index contributed by atoms with van der Waals surface area (Å²) in [4.78, 5) is 29.1. The van der Waals surface area contributed by atoms with E-state index in [4.69, 9.17) is 0 Å². The van der Waals surface area contributed by atoms with Gasteiger partial charge in [0.2, 0.25) is 5.91 Å². The molecule has 9 heteroatoms. The number of halogens is 3. The van der Waals surface area contributed by atoms with E-state index in [9.17, 15) is 22.8 Å². The fourth-order valence-electron chi connectivity index (χ4n) is 4.04. The highest BCUT2D eigenvalue weighted by Crippen LogP contribution is 2.29. The quantitative estimate of drug-likeness (QED) is 0.642. The first-order valence-corrected chi connectivity index (χ1v) is 11.6. The molecule has 1 heterocycles. The first-order valence-electron chi connectivity index (χ1n) is 11.6. The van der Waals surface area contributed by atoms with Crippen molar-refractivity contribution in [1.29, 1.82) is 0 Å². The number of rotatable bonds is 7. The first kappa shape index (κ1) is 24.2. The zero-order chi connectivity index (χ0) is 24.1. The predicted octanol–water partition coefficient (Wildman–Crippen LogP) is 3.74. The zero-order valence-corrected chi connectivity index (χ0v) is 18.9. The van der Waals surface area contributed by atoms with Gasteiger partial charge in [-0.05, 0) is 68.2 Å². The Bertz CT molecular complexity index is 1010. The lowest BCUT2D eigenvalue weighted by Gasteiger charge is -2.21. The summed E-state index contributed by atoms with van der Waals surface area (Å²) in [5.41, 5.74) is 1.31. The largest absolute Gasteiger partial charge is 0.416 e. The van der Waals surface area contributed by atoms with Crippen molar-refractivity contribution in [3.8, 4) is 0 Å². The monoisotopic (exact) mass is 474 g/mol. The standard InChI is InChI=1S/C25H29F3N4O2/c26-25(27,28)20-7-5-18(6-8-20)16-31-11-2-12-32(14-13-31)17-23(33)29-22-4-1-3-19(15-22)24(34)30-21-9-10-21/h1,3-8,15,21H,2,9-14,16-17H2,(H,29,33)(H,30,34). The van der Waals surface area contributed by atoms with Gasteiger partial charge in [-0.3, -0.25) is 19.4 Å². The molecule has 4 rings (SSSR count). The van der Waals surface area contributed by atoms with E-state index in [2.05, 4.69) is 20.4 Å². The summed E-state index contributed by atoms with van der Waals surface area (Å²) in [5, 5.41) is 5.82. The number of amides is 2. The van der Waals surface area contributed by atoms with Gasteiger partial charge in [0.1, 0.15) is 0 Å². The van der Waals surface area contributed by atoms with Gasteiger partial charge >= 0.3 is 6.18 Å². The molecule has 1 saturated heterocycles. The van der Waals surface area contributed by atoms with Crippen molar-refractivity contribution >= 4 is 17.5 Å². The maximum Gasteiger partial charge on any atom is 0.416 e. The van der Waals surface area contributed by atoms with Crippen LogP contribution in [0.15, 0.2) is 48.5 Å². The fraction of sp³-hybridized carbons (Fsp3) is 0.440. The lowest BCUT2D eigenvalue weighted by molar-refractivity contribution is -0.137. The van der Waals surface area contributed by atoms with E-state index in [1.807, 2.05) is 0 Å². The summed E-state index contributed by atoms with van der Waals surface area (Å²) in [6.07, 6.45) is -1.43. The molecule has 182 valence electrons. The van der Waals surface area contributed by atoms with Crippen LogP contribution in [0.4, 0.5) is 18.9 Å². The Labute approximate surface area is 197 Å². The van der Waals surface area contributed by atoms with E-state index in [-0.39, 0.29) is 24.4 Å². The molecule has 2 fully saturated rings. The van der Waals surface area contributed by atoms with Crippen LogP contribution in [0.1, 0.15) is 40.7 Å². The van der Waals surface area contributed by atoms with Gasteiger partial charge in [0.25, 0.3) is 5.91 Å². The third-order valence-corrected chi connectivity index (χ3v) is 6.06. The molecule has 1 aliphatic heterocycles. The van der Waals surface area contributed by atoms with Gasteiger partial charge in [-0.15, -0.1) is 0 Å². The van der Waals surface area contributed by atoms with Crippen molar-refractivity contribution in [2.24, 2.45) is 0 Å². The summed E-state index contributed by atoms with van der Waals surface area (Å²) >= 11 is 0. The van der Waals surface area contributed by atoms with E-state index in [1.54, 1.807) is 24.3 Å². The molecule has 0 unspecified atom stereocenters. The molecule has 6 nitrogen and oxygen atoms in total. The number of nitrogens with one attached hydrogen (secondary N) is 2. The summed E-state index contributed by atoms with van der Waals surface area (Å²) in [6.45, 7) is 3.82. The molecule has 34 heavy (non-hydrogen) atoms. The number of hydrogen-bond acceptors (Lipinski definition) is 4. The van der Waals surface area contributed by atoms with E-state index in [0.717, 1.165) is 56.6 Å². The van der Waals surface area contributed by atoms with Gasteiger partial charge in [-0.1, -0.05) is 18.2 Å². The summed E-state index contributed by atoms with van der Waals surface area (Å²) in [7, 11) is 0. The second-order valence-electron chi connectivity index (χ2n) is 8.98. The summed E-state index contributed by atoms with van der Waals surface area (Å²) in [6, 6.07) is 12.5. The topological polar surface area (TPSA) is 64.7 Å². The van der Waals surface area contributed by atoms with E-state index >= 15 is 0 Å². The molecule has 2 N–H and O–H groups in total. The third-order valence-electron chi connectivity index (χ3n) is 6.06. The number of anilines is 1. The average Bonchev–Trinajstić information content (AvgIpc) is 3.62. The van der Waals surface area contributed by atoms with Crippen LogP contribution in [0.25, 0.3) is 0 Å². The number of hydrogen-bond donors (Lipinski definition) is 2. The molecule has 2 aromatic carbocycles. The third kappa shape index (κ3) is 7.04. The normalized spacial score (nSPS) is 17.7. The van der Waals surface area contributed by atoms with E-state index in [1.165, 1.54) is 12.1 Å². The van der Waals surface area contributed by atoms with Crippen LogP contribution in [0.2, 0.25) is 0 Å². The Morgan fingerprint density at radius 2 is 1.65 bits per heavy atom. The van der Waals surface area contributed by atoms with Gasteiger partial charge in [0.05, 0.1) is 12.1 Å². The minimum absolute atomic E-state index is 0.126. The maximum atomic E-state index is 12.8. The first-order chi connectivity index (χ1) is 16.3. The SMILES string of the molecule is O=C(CN1CCCN(Cc2ccc(C(F)(F)F)cc2)CC1)Nc1cccc(C(=O)NC2CC2)c1. The van der Waals surface area contributed by atoms with Crippen LogP contribution in [0, 0.1) is 0 Å². The fourth-order valence-corrected chi connectivity index (χ4v) is 4.04. The van der Waals surface area contributed by atoms with E-state index in [0.29, 0.717) is 24.3 Å². The van der Waals surface area contributed by atoms with Gasteiger partial charge in [-0.2, -0.15) is 13.2 Å². The second-order valence-corrected chi connectivity index (χ2v) is 8.98. The van der Waals surface area contributed by atoms with Crippen LogP contribution < -0.4 is 10.6 Å². The van der Waals surface area contributed by atoms with Crippen molar-refractivity contribution in [2.75, 3.05) is 38.0 Å². The van der Waals surface area contributed by atoms with Crippen LogP contribution in [-0.4, -0.2) is 60.4 Å². The summed E-state index contributed by atoms with van der Waals surface area (Å²) in [5.74, 6) is -0.268. The highest BCUT2D eigenvalue weighted by Gasteiger charge is 2.30. The van der Waals surface area contributed by atoms with Gasteiger partial charge in [-0.25, -0.2) is 0 Å². The molecule has 0 aromatic heterocycles. The average molecular weight is 475 g/mol. The lowest BCUT2D eigenvalue weighted by Crippen LogP contribution is -2.36. The highest BCUT2D eigenvalue weighted by molar-refractivity contribution is 5.97. The Morgan fingerprint density at radius 1 is 0.941 bits per heavy atom. The van der Waals surface area contributed by atoms with Crippen LogP contribution >= 0.6 is 0 Å². The minimum atomic E-state index is -4.33. The van der Waals surface area contributed by atoms with Gasteiger partial charge in [0, 0.05) is 36.9 Å². The number of carbonyl (C=O) groups is 2. The molecule has 0 radical (unpaired) electrons. The van der Waals surface area contributed by atoms with Crippen molar-refractivity contribution < 1.29 is 22.8 Å². The highest BCUT2D eigenvalue weighted by atomic mass is 19.4. The molecular formula is C25H29F3N4O2. The van der Waals surface area contributed by atoms with Crippen LogP contribution in [0.5, 0.6) is 0 Å². The number of alkyl halides is 3. The second kappa shape index (κ2) is 10.6. The van der Waals surface area contributed by atoms with Crippen LogP contribution in [-0.2, 0) is 17.5 Å². The molecule has 2 aliphatic rings.